The van der Waals surface area contributed by atoms with Gasteiger partial charge in [0, 0.05) is 12.5 Å². The molecule has 1 aliphatic heterocycles. The fourth-order valence-electron chi connectivity index (χ4n) is 4.12. The van der Waals surface area contributed by atoms with E-state index in [1.165, 1.54) is 44.9 Å². The minimum Gasteiger partial charge on any atom is -0.390 e. The maximum absolute atomic E-state index is 11.0. The Bertz CT molecular complexity index is 233. The van der Waals surface area contributed by atoms with Crippen LogP contribution in [0.1, 0.15) is 58.8 Å². The molecule has 1 heterocycles. The van der Waals surface area contributed by atoms with Crippen LogP contribution in [0.5, 0.6) is 0 Å². The van der Waals surface area contributed by atoms with Gasteiger partial charge in [0.15, 0.2) is 0 Å². The Labute approximate surface area is 106 Å². The summed E-state index contributed by atoms with van der Waals surface area (Å²) in [5.41, 5.74) is -0.450. The third-order valence-electron chi connectivity index (χ3n) is 5.31. The Morgan fingerprint density at radius 1 is 1.18 bits per heavy atom. The summed E-state index contributed by atoms with van der Waals surface area (Å²) in [6.45, 7) is 6.55. The molecule has 100 valence electrons. The van der Waals surface area contributed by atoms with Crippen LogP contribution < -0.4 is 5.32 Å². The second-order valence-electron chi connectivity index (χ2n) is 6.33. The molecule has 4 atom stereocenters. The molecule has 2 nitrogen and oxygen atoms in total. The van der Waals surface area contributed by atoms with Crippen molar-refractivity contribution < 1.29 is 5.11 Å². The van der Waals surface area contributed by atoms with Crippen molar-refractivity contribution in [3.63, 3.8) is 0 Å². The summed E-state index contributed by atoms with van der Waals surface area (Å²) in [7, 11) is 0. The fourth-order valence-corrected chi connectivity index (χ4v) is 4.12. The highest BCUT2D eigenvalue weighted by Gasteiger charge is 2.43. The third-order valence-corrected chi connectivity index (χ3v) is 5.31. The van der Waals surface area contributed by atoms with Gasteiger partial charge in [-0.05, 0) is 44.6 Å². The van der Waals surface area contributed by atoms with Crippen molar-refractivity contribution in [1.29, 1.82) is 0 Å². The van der Waals surface area contributed by atoms with E-state index in [4.69, 9.17) is 0 Å². The second-order valence-corrected chi connectivity index (χ2v) is 6.33. The lowest BCUT2D eigenvalue weighted by Crippen LogP contribution is -2.51. The van der Waals surface area contributed by atoms with Gasteiger partial charge in [-0.3, -0.25) is 0 Å². The van der Waals surface area contributed by atoms with Crippen LogP contribution in [-0.4, -0.2) is 23.8 Å². The molecule has 0 amide bonds. The first kappa shape index (κ1) is 13.4. The predicted molar refractivity (Wildman–Crippen MR) is 72.0 cm³/mol. The van der Waals surface area contributed by atoms with Crippen molar-refractivity contribution in [2.75, 3.05) is 13.1 Å². The van der Waals surface area contributed by atoms with Gasteiger partial charge in [0.05, 0.1) is 5.60 Å². The highest BCUT2D eigenvalue weighted by Crippen LogP contribution is 2.43. The molecule has 2 rings (SSSR count). The molecule has 17 heavy (non-hydrogen) atoms. The van der Waals surface area contributed by atoms with Gasteiger partial charge in [-0.1, -0.05) is 32.6 Å². The average molecular weight is 239 g/mol. The van der Waals surface area contributed by atoms with Crippen LogP contribution in [0.3, 0.4) is 0 Å². The lowest BCUT2D eigenvalue weighted by atomic mass is 9.64. The maximum Gasteiger partial charge on any atom is 0.0690 e. The molecule has 1 saturated heterocycles. The zero-order valence-corrected chi connectivity index (χ0v) is 11.5. The summed E-state index contributed by atoms with van der Waals surface area (Å²) < 4.78 is 0. The van der Waals surface area contributed by atoms with Crippen LogP contribution in [0.2, 0.25) is 0 Å². The van der Waals surface area contributed by atoms with E-state index >= 15 is 0 Å². The minimum absolute atomic E-state index is 0.450. The quantitative estimate of drug-likeness (QED) is 0.793. The van der Waals surface area contributed by atoms with Gasteiger partial charge in [0.25, 0.3) is 0 Å². The Morgan fingerprint density at radius 2 is 1.94 bits per heavy atom. The number of aliphatic hydroxyl groups is 1. The molecular weight excluding hydrogens is 210 g/mol. The van der Waals surface area contributed by atoms with E-state index < -0.39 is 5.60 Å². The average Bonchev–Trinajstić information content (AvgIpc) is 2.39. The van der Waals surface area contributed by atoms with E-state index in [9.17, 15) is 5.11 Å². The normalized spacial score (nSPS) is 38.6. The number of piperidine rings is 1. The van der Waals surface area contributed by atoms with Crippen LogP contribution in [0.15, 0.2) is 0 Å². The van der Waals surface area contributed by atoms with Crippen molar-refractivity contribution >= 4 is 0 Å². The molecule has 2 heteroatoms. The molecule has 0 aromatic carbocycles. The summed E-state index contributed by atoms with van der Waals surface area (Å²) in [5, 5.41) is 14.5. The van der Waals surface area contributed by atoms with Crippen LogP contribution >= 0.6 is 0 Å². The SMILES string of the molecule is CCC1CCCCC1C(C)(O)C1CCCNC1. The number of rotatable bonds is 3. The van der Waals surface area contributed by atoms with Crippen molar-refractivity contribution in [1.82, 2.24) is 5.32 Å². The lowest BCUT2D eigenvalue weighted by molar-refractivity contribution is -0.0924. The van der Waals surface area contributed by atoms with Gasteiger partial charge < -0.3 is 10.4 Å². The summed E-state index contributed by atoms with van der Waals surface area (Å²) in [5.74, 6) is 1.75. The summed E-state index contributed by atoms with van der Waals surface area (Å²) >= 11 is 0. The molecule has 2 N–H and O–H groups in total. The standard InChI is InChI=1S/C15H29NO/c1-3-12-7-4-5-9-14(12)15(2,17)13-8-6-10-16-11-13/h12-14,16-17H,3-11H2,1-2H3. The van der Waals surface area contributed by atoms with Crippen molar-refractivity contribution in [3.05, 3.63) is 0 Å². The molecule has 0 bridgehead atoms. The smallest absolute Gasteiger partial charge is 0.0690 e. The maximum atomic E-state index is 11.0. The van der Waals surface area contributed by atoms with Gasteiger partial charge >= 0.3 is 0 Å². The van der Waals surface area contributed by atoms with E-state index in [2.05, 4.69) is 19.2 Å². The second kappa shape index (κ2) is 5.71. The minimum atomic E-state index is -0.450. The molecule has 2 fully saturated rings. The largest absolute Gasteiger partial charge is 0.390 e. The van der Waals surface area contributed by atoms with Crippen LogP contribution in [0.25, 0.3) is 0 Å². The van der Waals surface area contributed by atoms with E-state index in [0.717, 1.165) is 19.0 Å². The first-order valence-electron chi connectivity index (χ1n) is 7.59. The van der Waals surface area contributed by atoms with Crippen LogP contribution in [0, 0.1) is 17.8 Å². The number of nitrogens with one attached hydrogen (secondary N) is 1. The summed E-state index contributed by atoms with van der Waals surface area (Å²) in [6.07, 6.45) is 8.92. The molecule has 1 saturated carbocycles. The highest BCUT2D eigenvalue weighted by molar-refractivity contribution is 4.95. The molecule has 0 aromatic rings. The third kappa shape index (κ3) is 2.85. The van der Waals surface area contributed by atoms with Crippen LogP contribution in [-0.2, 0) is 0 Å². The molecule has 4 unspecified atom stereocenters. The van der Waals surface area contributed by atoms with E-state index in [1.807, 2.05) is 0 Å². The van der Waals surface area contributed by atoms with E-state index in [-0.39, 0.29) is 0 Å². The van der Waals surface area contributed by atoms with E-state index in [0.29, 0.717) is 11.8 Å². The van der Waals surface area contributed by atoms with Gasteiger partial charge in [0.2, 0.25) is 0 Å². The zero-order chi connectivity index (χ0) is 12.3. The van der Waals surface area contributed by atoms with E-state index in [1.54, 1.807) is 0 Å². The Kier molecular flexibility index (Phi) is 4.48. The summed E-state index contributed by atoms with van der Waals surface area (Å²) in [6, 6.07) is 0. The monoisotopic (exact) mass is 239 g/mol. The fraction of sp³-hybridized carbons (Fsp3) is 1.00. The molecule has 1 aliphatic carbocycles. The molecule has 0 spiro atoms. The predicted octanol–water partition coefficient (Wildman–Crippen LogP) is 2.95. The lowest BCUT2D eigenvalue weighted by Gasteiger charge is -2.46. The molecular formula is C15H29NO. The first-order chi connectivity index (χ1) is 8.16. The van der Waals surface area contributed by atoms with Crippen molar-refractivity contribution in [2.24, 2.45) is 17.8 Å². The Balaban J connectivity index is 2.05. The Morgan fingerprint density at radius 3 is 2.59 bits per heavy atom. The Hall–Kier alpha value is -0.0800. The van der Waals surface area contributed by atoms with Gasteiger partial charge in [-0.15, -0.1) is 0 Å². The number of hydrogen-bond acceptors (Lipinski definition) is 2. The van der Waals surface area contributed by atoms with Gasteiger partial charge in [-0.25, -0.2) is 0 Å². The molecule has 0 aromatic heterocycles. The van der Waals surface area contributed by atoms with Gasteiger partial charge in [0.1, 0.15) is 0 Å². The first-order valence-corrected chi connectivity index (χ1v) is 7.59. The van der Waals surface area contributed by atoms with Gasteiger partial charge in [-0.2, -0.15) is 0 Å². The summed E-state index contributed by atoms with van der Waals surface area (Å²) in [4.78, 5) is 0. The number of hydrogen-bond donors (Lipinski definition) is 2. The van der Waals surface area contributed by atoms with Crippen molar-refractivity contribution in [2.45, 2.75) is 64.4 Å². The van der Waals surface area contributed by atoms with Crippen molar-refractivity contribution in [3.8, 4) is 0 Å². The van der Waals surface area contributed by atoms with Crippen LogP contribution in [0.4, 0.5) is 0 Å². The topological polar surface area (TPSA) is 32.3 Å². The molecule has 2 aliphatic rings. The molecule has 0 radical (unpaired) electrons. The highest BCUT2D eigenvalue weighted by atomic mass is 16.3. The zero-order valence-electron chi connectivity index (χ0n) is 11.5.